The highest BCUT2D eigenvalue weighted by atomic mass is 16.5. The minimum atomic E-state index is 0.222. The molecule has 6 aromatic rings. The molecule has 0 saturated carbocycles. The largest absolute Gasteiger partial charge is 0.489 e. The third-order valence-corrected chi connectivity index (χ3v) is 6.81. The zero-order valence-corrected chi connectivity index (χ0v) is 20.0. The average molecular weight is 489 g/mol. The summed E-state index contributed by atoms with van der Waals surface area (Å²) in [7, 11) is 0. The lowest BCUT2D eigenvalue weighted by Gasteiger charge is -2.23. The average Bonchev–Trinajstić information content (AvgIpc) is 3.58. The Bertz CT molecular complexity index is 1700. The summed E-state index contributed by atoms with van der Waals surface area (Å²) in [5.74, 6) is 1.46. The van der Waals surface area contributed by atoms with Gasteiger partial charge in [0.05, 0.1) is 17.2 Å². The smallest absolute Gasteiger partial charge is 0.178 e. The molecule has 1 saturated heterocycles. The fourth-order valence-electron chi connectivity index (χ4n) is 4.92. The van der Waals surface area contributed by atoms with Crippen LogP contribution in [-0.4, -0.2) is 54.3 Å². The Morgan fingerprint density at radius 3 is 2.62 bits per heavy atom. The van der Waals surface area contributed by atoms with E-state index in [1.807, 2.05) is 30.5 Å². The highest BCUT2D eigenvalue weighted by Gasteiger charge is 2.17. The second-order valence-corrected chi connectivity index (χ2v) is 9.19. The zero-order chi connectivity index (χ0) is 24.6. The first-order valence-corrected chi connectivity index (χ1v) is 12.4. The lowest BCUT2D eigenvalue weighted by Crippen LogP contribution is -2.34. The number of piperidine rings is 1. The number of hydrogen-bond acceptors (Lipinski definition) is 7. The first-order valence-electron chi connectivity index (χ1n) is 12.4. The van der Waals surface area contributed by atoms with E-state index in [9.17, 15) is 0 Å². The van der Waals surface area contributed by atoms with E-state index in [4.69, 9.17) is 9.72 Å². The number of ether oxygens (including phenoxy) is 1. The van der Waals surface area contributed by atoms with Gasteiger partial charge in [0, 0.05) is 41.3 Å². The van der Waals surface area contributed by atoms with Crippen LogP contribution in [0.1, 0.15) is 12.8 Å². The first-order chi connectivity index (χ1) is 18.3. The number of hydrogen-bond donors (Lipinski definition) is 3. The third kappa shape index (κ3) is 4.09. The Kier molecular flexibility index (Phi) is 5.32. The van der Waals surface area contributed by atoms with Crippen molar-refractivity contribution in [2.24, 2.45) is 0 Å². The highest BCUT2D eigenvalue weighted by molar-refractivity contribution is 5.97. The van der Waals surface area contributed by atoms with E-state index < -0.39 is 0 Å². The van der Waals surface area contributed by atoms with E-state index in [2.05, 4.69) is 53.6 Å². The molecule has 37 heavy (non-hydrogen) atoms. The molecule has 0 radical (unpaired) electrons. The van der Waals surface area contributed by atoms with Crippen LogP contribution >= 0.6 is 0 Å². The minimum Gasteiger partial charge on any atom is -0.489 e. The highest BCUT2D eigenvalue weighted by Crippen LogP contribution is 2.33. The zero-order valence-electron chi connectivity index (χ0n) is 20.0. The summed E-state index contributed by atoms with van der Waals surface area (Å²) >= 11 is 0. The Morgan fingerprint density at radius 2 is 1.73 bits per heavy atom. The van der Waals surface area contributed by atoms with E-state index in [1.165, 1.54) is 0 Å². The molecular formula is C28H24N8O. The van der Waals surface area contributed by atoms with E-state index in [1.54, 1.807) is 24.8 Å². The number of pyridine rings is 3. The predicted molar refractivity (Wildman–Crippen MR) is 142 cm³/mol. The normalized spacial score (nSPS) is 14.4. The third-order valence-electron chi connectivity index (χ3n) is 6.81. The summed E-state index contributed by atoms with van der Waals surface area (Å²) in [6.45, 7) is 1.97. The molecule has 1 aliphatic heterocycles. The quantitative estimate of drug-likeness (QED) is 0.320. The molecule has 0 amide bonds. The number of H-pyrrole nitrogens is 2. The Morgan fingerprint density at radius 1 is 0.838 bits per heavy atom. The molecule has 7 rings (SSSR count). The van der Waals surface area contributed by atoms with Gasteiger partial charge in [-0.3, -0.25) is 15.1 Å². The Labute approximate surface area is 212 Å². The lowest BCUT2D eigenvalue weighted by molar-refractivity contribution is 0.162. The maximum absolute atomic E-state index is 6.22. The van der Waals surface area contributed by atoms with Crippen molar-refractivity contribution >= 4 is 22.1 Å². The van der Waals surface area contributed by atoms with Crippen LogP contribution in [0, 0.1) is 0 Å². The van der Waals surface area contributed by atoms with E-state index in [0.29, 0.717) is 11.5 Å². The summed E-state index contributed by atoms with van der Waals surface area (Å²) < 4.78 is 6.22. The summed E-state index contributed by atoms with van der Waals surface area (Å²) in [6.07, 6.45) is 11.2. The van der Waals surface area contributed by atoms with Crippen molar-refractivity contribution in [3.63, 3.8) is 0 Å². The Hall–Kier alpha value is -4.63. The number of nitrogens with one attached hydrogen (secondary N) is 3. The molecule has 1 fully saturated rings. The van der Waals surface area contributed by atoms with Gasteiger partial charge in [-0.1, -0.05) is 6.07 Å². The standard InChI is InChI=1S/C28H24N8O/c1-2-24-23(14-18(1)19-13-21(16-31-15-19)37-20-5-10-30-11-6-20)26(36-35-24)28-33-25-22(7-12-32-27(25)34-28)17-3-8-29-9-4-17/h1-4,7-9,12-16,20,30H,5-6,10-11H2,(H,35,36)(H,32,33,34). The van der Waals surface area contributed by atoms with Gasteiger partial charge >= 0.3 is 0 Å². The number of imidazole rings is 1. The second kappa shape index (κ2) is 9.11. The molecule has 9 heteroatoms. The van der Waals surface area contributed by atoms with E-state index in [-0.39, 0.29) is 6.10 Å². The summed E-state index contributed by atoms with van der Waals surface area (Å²) in [4.78, 5) is 21.3. The number of fused-ring (bicyclic) bond motifs is 2. The van der Waals surface area contributed by atoms with Crippen molar-refractivity contribution < 1.29 is 4.74 Å². The van der Waals surface area contributed by atoms with Crippen LogP contribution in [0.15, 0.2) is 73.4 Å². The van der Waals surface area contributed by atoms with Gasteiger partial charge in [0.1, 0.15) is 17.5 Å². The fraction of sp³-hybridized carbons (Fsp3) is 0.179. The second-order valence-electron chi connectivity index (χ2n) is 9.19. The molecule has 9 nitrogen and oxygen atoms in total. The van der Waals surface area contributed by atoms with Gasteiger partial charge in [0.15, 0.2) is 11.5 Å². The molecule has 5 aromatic heterocycles. The number of aromatic amines is 2. The fourth-order valence-corrected chi connectivity index (χ4v) is 4.92. The van der Waals surface area contributed by atoms with Crippen LogP contribution in [0.2, 0.25) is 0 Å². The van der Waals surface area contributed by atoms with Crippen molar-refractivity contribution in [2.45, 2.75) is 18.9 Å². The van der Waals surface area contributed by atoms with Crippen molar-refractivity contribution in [1.82, 2.24) is 40.4 Å². The molecule has 0 atom stereocenters. The maximum atomic E-state index is 6.22. The first kappa shape index (κ1) is 21.6. The van der Waals surface area contributed by atoms with Crippen LogP contribution in [0.4, 0.5) is 0 Å². The van der Waals surface area contributed by atoms with Crippen LogP contribution in [0.3, 0.4) is 0 Å². The molecule has 3 N–H and O–H groups in total. The molecule has 0 unspecified atom stereocenters. The molecule has 6 heterocycles. The number of benzene rings is 1. The van der Waals surface area contributed by atoms with Crippen molar-refractivity contribution in [3.05, 3.63) is 73.4 Å². The predicted octanol–water partition coefficient (Wildman–Crippen LogP) is 4.76. The molecule has 1 aliphatic rings. The van der Waals surface area contributed by atoms with Crippen LogP contribution < -0.4 is 10.1 Å². The monoisotopic (exact) mass is 488 g/mol. The van der Waals surface area contributed by atoms with Crippen molar-refractivity contribution in [2.75, 3.05) is 13.1 Å². The number of aromatic nitrogens is 7. The van der Waals surface area contributed by atoms with Crippen LogP contribution in [-0.2, 0) is 0 Å². The van der Waals surface area contributed by atoms with E-state index in [0.717, 1.165) is 76.0 Å². The summed E-state index contributed by atoms with van der Waals surface area (Å²) in [6, 6.07) is 14.2. The molecule has 182 valence electrons. The van der Waals surface area contributed by atoms with Gasteiger partial charge in [-0.2, -0.15) is 5.10 Å². The molecule has 0 spiro atoms. The summed E-state index contributed by atoms with van der Waals surface area (Å²) in [5.41, 5.74) is 7.26. The van der Waals surface area contributed by atoms with Gasteiger partial charge in [0.25, 0.3) is 0 Å². The number of rotatable bonds is 5. The molecular weight excluding hydrogens is 464 g/mol. The molecule has 1 aromatic carbocycles. The SMILES string of the molecule is c1cc(-c2ccnc3nc(-c4n[nH]c5ccc(-c6cncc(OC7CCNCC7)c6)cc45)[nH]c23)ccn1. The lowest BCUT2D eigenvalue weighted by atomic mass is 10.0. The van der Waals surface area contributed by atoms with Gasteiger partial charge in [-0.05, 0) is 73.5 Å². The Balaban J connectivity index is 1.26. The van der Waals surface area contributed by atoms with Gasteiger partial charge in [0.2, 0.25) is 0 Å². The van der Waals surface area contributed by atoms with Gasteiger partial charge < -0.3 is 15.0 Å². The van der Waals surface area contributed by atoms with E-state index >= 15 is 0 Å². The number of nitrogens with zero attached hydrogens (tertiary/aromatic N) is 5. The van der Waals surface area contributed by atoms with Crippen LogP contribution in [0.25, 0.3) is 55.8 Å². The molecule has 0 aliphatic carbocycles. The van der Waals surface area contributed by atoms with Crippen molar-refractivity contribution in [1.29, 1.82) is 0 Å². The topological polar surface area (TPSA) is 117 Å². The maximum Gasteiger partial charge on any atom is 0.178 e. The summed E-state index contributed by atoms with van der Waals surface area (Å²) in [5, 5.41) is 12.1. The van der Waals surface area contributed by atoms with Gasteiger partial charge in [-0.15, -0.1) is 0 Å². The van der Waals surface area contributed by atoms with Gasteiger partial charge in [-0.25, -0.2) is 9.97 Å². The minimum absolute atomic E-state index is 0.222. The van der Waals surface area contributed by atoms with Crippen LogP contribution in [0.5, 0.6) is 5.75 Å². The van der Waals surface area contributed by atoms with Crippen molar-refractivity contribution in [3.8, 4) is 39.5 Å². The molecule has 0 bridgehead atoms.